The first-order valence-electron chi connectivity index (χ1n) is 5.93. The molecule has 0 spiro atoms. The van der Waals surface area contributed by atoms with Gasteiger partial charge in [0.15, 0.2) is 12.1 Å². The van der Waals surface area contributed by atoms with E-state index in [1.54, 1.807) is 0 Å². The van der Waals surface area contributed by atoms with E-state index in [0.29, 0.717) is 17.4 Å². The maximum atomic E-state index is 11.1. The summed E-state index contributed by atoms with van der Waals surface area (Å²) in [5.41, 5.74) is 2.87. The number of hydrogen-bond donors (Lipinski definition) is 0. The Bertz CT molecular complexity index is 731. The second kappa shape index (κ2) is 4.86. The molecule has 0 amide bonds. The SMILES string of the molecule is O=Cc1nc2ccccc2n1Cc1ccc(Cl)cc1. The molecule has 0 aliphatic heterocycles. The van der Waals surface area contributed by atoms with E-state index in [1.807, 2.05) is 53.1 Å². The summed E-state index contributed by atoms with van der Waals surface area (Å²) in [6.07, 6.45) is 0.788. The van der Waals surface area contributed by atoms with Crippen molar-refractivity contribution in [3.05, 3.63) is 64.9 Å². The molecule has 1 heterocycles. The molecule has 0 aliphatic carbocycles. The summed E-state index contributed by atoms with van der Waals surface area (Å²) in [6, 6.07) is 15.3. The van der Waals surface area contributed by atoms with E-state index in [0.717, 1.165) is 22.9 Å². The zero-order chi connectivity index (χ0) is 13.2. The van der Waals surface area contributed by atoms with Gasteiger partial charge in [-0.1, -0.05) is 35.9 Å². The largest absolute Gasteiger partial charge is 0.317 e. The highest BCUT2D eigenvalue weighted by molar-refractivity contribution is 6.30. The van der Waals surface area contributed by atoms with Crippen LogP contribution in [-0.4, -0.2) is 15.8 Å². The summed E-state index contributed by atoms with van der Waals surface area (Å²) < 4.78 is 1.91. The van der Waals surface area contributed by atoms with Crippen molar-refractivity contribution in [1.82, 2.24) is 9.55 Å². The standard InChI is InChI=1S/C15H11ClN2O/c16-12-7-5-11(6-8-12)9-18-14-4-2-1-3-13(14)17-15(18)10-19/h1-8,10H,9H2. The van der Waals surface area contributed by atoms with Gasteiger partial charge in [-0.25, -0.2) is 4.98 Å². The number of benzene rings is 2. The van der Waals surface area contributed by atoms with Crippen LogP contribution in [0.25, 0.3) is 11.0 Å². The van der Waals surface area contributed by atoms with Gasteiger partial charge in [-0.05, 0) is 29.8 Å². The van der Waals surface area contributed by atoms with Crippen LogP contribution in [0.5, 0.6) is 0 Å². The predicted molar refractivity (Wildman–Crippen MR) is 75.7 cm³/mol. The van der Waals surface area contributed by atoms with E-state index in [1.165, 1.54) is 0 Å². The van der Waals surface area contributed by atoms with Crippen LogP contribution in [0.2, 0.25) is 5.02 Å². The van der Waals surface area contributed by atoms with Crippen molar-refractivity contribution in [3.8, 4) is 0 Å². The number of rotatable bonds is 3. The summed E-state index contributed by atoms with van der Waals surface area (Å²) in [5.74, 6) is 0.441. The van der Waals surface area contributed by atoms with Crippen molar-refractivity contribution >= 4 is 28.9 Å². The molecule has 0 atom stereocenters. The number of para-hydroxylation sites is 2. The number of nitrogens with zero attached hydrogens (tertiary/aromatic N) is 2. The van der Waals surface area contributed by atoms with Gasteiger partial charge in [-0.2, -0.15) is 0 Å². The lowest BCUT2D eigenvalue weighted by atomic mass is 10.2. The van der Waals surface area contributed by atoms with Gasteiger partial charge in [0.05, 0.1) is 11.0 Å². The third-order valence-electron chi connectivity index (χ3n) is 3.04. The minimum absolute atomic E-state index is 0.441. The molecule has 0 saturated heterocycles. The van der Waals surface area contributed by atoms with Gasteiger partial charge in [-0.15, -0.1) is 0 Å². The maximum absolute atomic E-state index is 11.1. The van der Waals surface area contributed by atoms with Gasteiger partial charge in [-0.3, -0.25) is 4.79 Å². The predicted octanol–water partition coefficient (Wildman–Crippen LogP) is 3.55. The van der Waals surface area contributed by atoms with Crippen LogP contribution in [0, 0.1) is 0 Å². The summed E-state index contributed by atoms with van der Waals surface area (Å²) in [4.78, 5) is 15.5. The maximum Gasteiger partial charge on any atom is 0.185 e. The van der Waals surface area contributed by atoms with E-state index in [2.05, 4.69) is 4.98 Å². The number of hydrogen-bond acceptors (Lipinski definition) is 2. The van der Waals surface area contributed by atoms with E-state index >= 15 is 0 Å². The fourth-order valence-electron chi connectivity index (χ4n) is 2.12. The zero-order valence-corrected chi connectivity index (χ0v) is 10.8. The average molecular weight is 271 g/mol. The lowest BCUT2D eigenvalue weighted by Crippen LogP contribution is -2.04. The molecule has 3 rings (SSSR count). The van der Waals surface area contributed by atoms with Crippen LogP contribution < -0.4 is 0 Å². The lowest BCUT2D eigenvalue weighted by Gasteiger charge is -2.06. The molecule has 0 unspecified atom stereocenters. The minimum Gasteiger partial charge on any atom is -0.317 e. The third-order valence-corrected chi connectivity index (χ3v) is 3.30. The molecular weight excluding hydrogens is 260 g/mol. The first-order chi connectivity index (χ1) is 9.28. The highest BCUT2D eigenvalue weighted by Crippen LogP contribution is 2.18. The number of imidazole rings is 1. The Morgan fingerprint density at radius 2 is 1.84 bits per heavy atom. The second-order valence-electron chi connectivity index (χ2n) is 4.29. The first-order valence-corrected chi connectivity index (χ1v) is 6.30. The van der Waals surface area contributed by atoms with Gasteiger partial charge >= 0.3 is 0 Å². The fraction of sp³-hybridized carbons (Fsp3) is 0.0667. The number of carbonyl (C=O) groups excluding carboxylic acids is 1. The quantitative estimate of drug-likeness (QED) is 0.682. The molecule has 19 heavy (non-hydrogen) atoms. The number of halogens is 1. The number of carbonyl (C=O) groups is 1. The van der Waals surface area contributed by atoms with Crippen LogP contribution in [-0.2, 0) is 6.54 Å². The smallest absolute Gasteiger partial charge is 0.185 e. The average Bonchev–Trinajstić information content (AvgIpc) is 2.79. The van der Waals surface area contributed by atoms with Gasteiger partial charge in [0, 0.05) is 11.6 Å². The fourth-order valence-corrected chi connectivity index (χ4v) is 2.25. The Morgan fingerprint density at radius 3 is 2.58 bits per heavy atom. The van der Waals surface area contributed by atoms with Crippen molar-refractivity contribution < 1.29 is 4.79 Å². The van der Waals surface area contributed by atoms with Crippen LogP contribution in [0.15, 0.2) is 48.5 Å². The summed E-state index contributed by atoms with van der Waals surface area (Å²) >= 11 is 5.87. The molecule has 0 saturated carbocycles. The second-order valence-corrected chi connectivity index (χ2v) is 4.73. The van der Waals surface area contributed by atoms with E-state index in [4.69, 9.17) is 11.6 Å². The van der Waals surface area contributed by atoms with Crippen molar-refractivity contribution in [1.29, 1.82) is 0 Å². The van der Waals surface area contributed by atoms with Crippen LogP contribution >= 0.6 is 11.6 Å². The summed E-state index contributed by atoms with van der Waals surface area (Å²) in [5, 5.41) is 0.704. The van der Waals surface area contributed by atoms with Crippen LogP contribution in [0.4, 0.5) is 0 Å². The Kier molecular flexibility index (Phi) is 3.05. The van der Waals surface area contributed by atoms with Crippen molar-refractivity contribution in [2.45, 2.75) is 6.54 Å². The molecule has 0 aliphatic rings. The highest BCUT2D eigenvalue weighted by atomic mass is 35.5. The van der Waals surface area contributed by atoms with Gasteiger partial charge in [0.25, 0.3) is 0 Å². The van der Waals surface area contributed by atoms with E-state index in [-0.39, 0.29) is 0 Å². The highest BCUT2D eigenvalue weighted by Gasteiger charge is 2.09. The molecule has 3 nitrogen and oxygen atoms in total. The van der Waals surface area contributed by atoms with Crippen LogP contribution in [0.1, 0.15) is 16.2 Å². The third kappa shape index (κ3) is 2.25. The molecule has 94 valence electrons. The molecular formula is C15H11ClN2O. The first kappa shape index (κ1) is 11.9. The molecule has 0 radical (unpaired) electrons. The van der Waals surface area contributed by atoms with E-state index in [9.17, 15) is 4.79 Å². The Hall–Kier alpha value is -2.13. The normalized spacial score (nSPS) is 10.8. The molecule has 1 aromatic heterocycles. The molecule has 0 bridgehead atoms. The molecule has 0 fully saturated rings. The van der Waals surface area contributed by atoms with Crippen molar-refractivity contribution in [3.63, 3.8) is 0 Å². The number of aldehydes is 1. The number of fused-ring (bicyclic) bond motifs is 1. The van der Waals surface area contributed by atoms with Gasteiger partial charge in [0.2, 0.25) is 0 Å². The van der Waals surface area contributed by atoms with E-state index < -0.39 is 0 Å². The minimum atomic E-state index is 0.441. The Morgan fingerprint density at radius 1 is 1.11 bits per heavy atom. The Balaban J connectivity index is 2.08. The van der Waals surface area contributed by atoms with Crippen LogP contribution in [0.3, 0.4) is 0 Å². The lowest BCUT2D eigenvalue weighted by molar-refractivity contribution is 0.111. The zero-order valence-electron chi connectivity index (χ0n) is 10.1. The van der Waals surface area contributed by atoms with Gasteiger partial charge < -0.3 is 4.57 Å². The summed E-state index contributed by atoms with van der Waals surface area (Å²) in [6.45, 7) is 0.603. The summed E-state index contributed by atoms with van der Waals surface area (Å²) in [7, 11) is 0. The molecule has 2 aromatic carbocycles. The van der Waals surface area contributed by atoms with Crippen molar-refractivity contribution in [2.24, 2.45) is 0 Å². The molecule has 3 aromatic rings. The van der Waals surface area contributed by atoms with Crippen molar-refractivity contribution in [2.75, 3.05) is 0 Å². The molecule has 0 N–H and O–H groups in total. The Labute approximate surface area is 115 Å². The number of aromatic nitrogens is 2. The van der Waals surface area contributed by atoms with Gasteiger partial charge in [0.1, 0.15) is 0 Å². The monoisotopic (exact) mass is 270 g/mol. The molecule has 4 heteroatoms. The topological polar surface area (TPSA) is 34.9 Å².